The van der Waals surface area contributed by atoms with Gasteiger partial charge in [0.25, 0.3) is 0 Å². The Morgan fingerprint density at radius 3 is 2.89 bits per heavy atom. The van der Waals surface area contributed by atoms with Crippen molar-refractivity contribution in [3.8, 4) is 0 Å². The third kappa shape index (κ3) is 2.06. The highest BCUT2D eigenvalue weighted by molar-refractivity contribution is 5.81. The van der Waals surface area contributed by atoms with Crippen LogP contribution in [0.3, 0.4) is 0 Å². The van der Waals surface area contributed by atoms with Crippen molar-refractivity contribution >= 4 is 5.96 Å². The zero-order valence-electron chi connectivity index (χ0n) is 10.8. The summed E-state index contributed by atoms with van der Waals surface area (Å²) in [4.78, 5) is 6.68. The van der Waals surface area contributed by atoms with Crippen molar-refractivity contribution in [2.45, 2.75) is 31.0 Å². The molecule has 1 saturated heterocycles. The van der Waals surface area contributed by atoms with Crippen molar-refractivity contribution in [3.05, 3.63) is 11.9 Å². The number of likely N-dealkylation sites (N-methyl/N-ethyl adjacent to an activating group) is 1. The van der Waals surface area contributed by atoms with Gasteiger partial charge in [0.15, 0.2) is 5.96 Å². The Kier molecular flexibility index (Phi) is 2.71. The summed E-state index contributed by atoms with van der Waals surface area (Å²) in [7, 11) is 2.00. The van der Waals surface area contributed by atoms with Crippen LogP contribution in [0.5, 0.6) is 0 Å². The maximum atomic E-state index is 6.35. The molecule has 3 aliphatic rings. The van der Waals surface area contributed by atoms with E-state index in [2.05, 4.69) is 26.6 Å². The first-order valence-electron chi connectivity index (χ1n) is 6.67. The van der Waals surface area contributed by atoms with E-state index < -0.39 is 5.66 Å². The summed E-state index contributed by atoms with van der Waals surface area (Å²) in [6.07, 6.45) is 5.50. The lowest BCUT2D eigenvalue weighted by Crippen LogP contribution is -2.51. The van der Waals surface area contributed by atoms with Gasteiger partial charge in [0, 0.05) is 25.0 Å². The second kappa shape index (κ2) is 4.13. The first-order valence-corrected chi connectivity index (χ1v) is 6.67. The second-order valence-corrected chi connectivity index (χ2v) is 5.53. The monoisotopic (exact) mass is 250 g/mol. The maximum Gasteiger partial charge on any atom is 0.196 e. The van der Waals surface area contributed by atoms with Gasteiger partial charge in [-0.3, -0.25) is 0 Å². The molecule has 1 saturated carbocycles. The summed E-state index contributed by atoms with van der Waals surface area (Å²) in [5, 5.41) is 6.46. The van der Waals surface area contributed by atoms with E-state index in [-0.39, 0.29) is 0 Å². The van der Waals surface area contributed by atoms with E-state index in [0.717, 1.165) is 38.2 Å². The molecule has 2 atom stereocenters. The fraction of sp³-hybridized carbons (Fsp3) is 0.750. The molecule has 2 heterocycles. The van der Waals surface area contributed by atoms with E-state index >= 15 is 0 Å². The zero-order valence-corrected chi connectivity index (χ0v) is 10.8. The smallest absolute Gasteiger partial charge is 0.196 e. The van der Waals surface area contributed by atoms with E-state index in [1.165, 1.54) is 0 Å². The lowest BCUT2D eigenvalue weighted by molar-refractivity contribution is 0.369. The SMILES string of the molecule is CN[C@@H]1CCN(C2=CC(N)(C3CC3)N=C(N)N2)C1. The van der Waals surface area contributed by atoms with Gasteiger partial charge in [-0.1, -0.05) is 0 Å². The van der Waals surface area contributed by atoms with Crippen LogP contribution in [-0.2, 0) is 0 Å². The van der Waals surface area contributed by atoms with E-state index in [9.17, 15) is 0 Å². The third-order valence-corrected chi connectivity index (χ3v) is 4.11. The van der Waals surface area contributed by atoms with Crippen LogP contribution in [0.2, 0.25) is 0 Å². The van der Waals surface area contributed by atoms with Gasteiger partial charge in [-0.25, -0.2) is 4.99 Å². The van der Waals surface area contributed by atoms with Gasteiger partial charge in [0.05, 0.1) is 0 Å². The molecule has 0 aromatic carbocycles. The predicted octanol–water partition coefficient (Wildman–Crippen LogP) is -0.896. The van der Waals surface area contributed by atoms with Crippen molar-refractivity contribution in [1.82, 2.24) is 15.5 Å². The fourth-order valence-electron chi connectivity index (χ4n) is 2.80. The van der Waals surface area contributed by atoms with E-state index in [4.69, 9.17) is 11.5 Å². The Hall–Kier alpha value is -1.27. The molecule has 0 aromatic heterocycles. The molecule has 6 nitrogen and oxygen atoms in total. The highest BCUT2D eigenvalue weighted by Crippen LogP contribution is 2.41. The zero-order chi connectivity index (χ0) is 12.8. The molecule has 3 rings (SSSR count). The molecule has 0 radical (unpaired) electrons. The average molecular weight is 250 g/mol. The minimum Gasteiger partial charge on any atom is -0.370 e. The van der Waals surface area contributed by atoms with Gasteiger partial charge in [-0.05, 0) is 32.4 Å². The van der Waals surface area contributed by atoms with Crippen LogP contribution in [0.4, 0.5) is 0 Å². The lowest BCUT2D eigenvalue weighted by Gasteiger charge is -2.32. The van der Waals surface area contributed by atoms with Crippen molar-refractivity contribution in [1.29, 1.82) is 0 Å². The molecule has 2 fully saturated rings. The Balaban J connectivity index is 1.78. The maximum absolute atomic E-state index is 6.35. The van der Waals surface area contributed by atoms with Crippen molar-refractivity contribution in [2.75, 3.05) is 20.1 Å². The summed E-state index contributed by atoms with van der Waals surface area (Å²) >= 11 is 0. The first-order chi connectivity index (χ1) is 8.60. The average Bonchev–Trinajstić information content (AvgIpc) is 3.07. The number of rotatable bonds is 3. The molecule has 18 heavy (non-hydrogen) atoms. The van der Waals surface area contributed by atoms with Gasteiger partial charge in [-0.2, -0.15) is 0 Å². The Morgan fingerprint density at radius 1 is 1.50 bits per heavy atom. The second-order valence-electron chi connectivity index (χ2n) is 5.53. The summed E-state index contributed by atoms with van der Waals surface area (Å²) in [5.41, 5.74) is 11.6. The standard InChI is InChI=1S/C12H22N6/c1-15-9-4-5-18(7-9)10-6-12(14,8-2-3-8)17-11(13)16-10/h6,8-9,15H,2-5,7,14H2,1H3,(H3,13,16,17)/t9-,12?/m1/s1. The highest BCUT2D eigenvalue weighted by Gasteiger charge is 2.43. The normalized spacial score (nSPS) is 36.1. The number of hydrogen-bond donors (Lipinski definition) is 4. The van der Waals surface area contributed by atoms with Crippen LogP contribution in [0.1, 0.15) is 19.3 Å². The molecule has 1 aliphatic carbocycles. The number of nitrogens with two attached hydrogens (primary N) is 2. The first kappa shape index (κ1) is 11.8. The largest absolute Gasteiger partial charge is 0.370 e. The van der Waals surface area contributed by atoms with Gasteiger partial charge in [0.2, 0.25) is 0 Å². The number of nitrogens with one attached hydrogen (secondary N) is 2. The number of nitrogens with zero attached hydrogens (tertiary/aromatic N) is 2. The van der Waals surface area contributed by atoms with Crippen molar-refractivity contribution in [2.24, 2.45) is 22.4 Å². The Morgan fingerprint density at radius 2 is 2.28 bits per heavy atom. The molecule has 2 aliphatic heterocycles. The summed E-state index contributed by atoms with van der Waals surface area (Å²) in [5.74, 6) is 1.92. The van der Waals surface area contributed by atoms with Crippen LogP contribution >= 0.6 is 0 Å². The van der Waals surface area contributed by atoms with Crippen molar-refractivity contribution < 1.29 is 0 Å². The number of hydrogen-bond acceptors (Lipinski definition) is 6. The topological polar surface area (TPSA) is 91.7 Å². The van der Waals surface area contributed by atoms with Gasteiger partial charge in [0.1, 0.15) is 11.5 Å². The van der Waals surface area contributed by atoms with Crippen LogP contribution in [0.25, 0.3) is 0 Å². The molecule has 0 aromatic rings. The van der Waals surface area contributed by atoms with E-state index in [1.54, 1.807) is 0 Å². The molecule has 0 amide bonds. The molecule has 100 valence electrons. The highest BCUT2D eigenvalue weighted by atomic mass is 15.3. The van der Waals surface area contributed by atoms with Crippen molar-refractivity contribution in [3.63, 3.8) is 0 Å². The minimum atomic E-state index is -0.595. The van der Waals surface area contributed by atoms with Gasteiger partial charge < -0.3 is 27.0 Å². The van der Waals surface area contributed by atoms with Crippen LogP contribution in [0, 0.1) is 5.92 Å². The molecular weight excluding hydrogens is 228 g/mol. The fourth-order valence-corrected chi connectivity index (χ4v) is 2.80. The molecule has 6 heteroatoms. The number of guanidine groups is 1. The van der Waals surface area contributed by atoms with E-state index in [0.29, 0.717) is 17.9 Å². The minimum absolute atomic E-state index is 0.440. The molecule has 1 unspecified atom stereocenters. The Labute approximate surface area is 107 Å². The molecule has 0 spiro atoms. The Bertz CT molecular complexity index is 399. The summed E-state index contributed by atoms with van der Waals surface area (Å²) in [6, 6.07) is 0.542. The van der Waals surface area contributed by atoms with Crippen LogP contribution < -0.4 is 22.1 Å². The molecule has 0 bridgehead atoms. The van der Waals surface area contributed by atoms with Gasteiger partial charge in [-0.15, -0.1) is 0 Å². The predicted molar refractivity (Wildman–Crippen MR) is 71.5 cm³/mol. The summed E-state index contributed by atoms with van der Waals surface area (Å²) < 4.78 is 0. The van der Waals surface area contributed by atoms with Crippen LogP contribution in [0.15, 0.2) is 16.9 Å². The number of likely N-dealkylation sites (tertiary alicyclic amines) is 1. The molecular formula is C12H22N6. The quantitative estimate of drug-likeness (QED) is 0.521. The lowest BCUT2D eigenvalue weighted by atomic mass is 10.0. The summed E-state index contributed by atoms with van der Waals surface area (Å²) in [6.45, 7) is 2.02. The number of aliphatic imine (C=N–C) groups is 1. The van der Waals surface area contributed by atoms with E-state index in [1.807, 2.05) is 7.05 Å². The third-order valence-electron chi connectivity index (χ3n) is 4.11. The molecule has 6 N–H and O–H groups in total. The van der Waals surface area contributed by atoms with Crippen LogP contribution in [-0.4, -0.2) is 42.7 Å². The van der Waals surface area contributed by atoms with Gasteiger partial charge >= 0.3 is 0 Å².